The number of halogens is 4. The van der Waals surface area contributed by atoms with Crippen LogP contribution in [0.5, 0.6) is 0 Å². The summed E-state index contributed by atoms with van der Waals surface area (Å²) in [7, 11) is 0. The molecule has 3 aromatic rings. The lowest BCUT2D eigenvalue weighted by molar-refractivity contribution is -0.141. The average Bonchev–Trinajstić information content (AvgIpc) is 3.51. The predicted molar refractivity (Wildman–Crippen MR) is 126 cm³/mol. The van der Waals surface area contributed by atoms with Gasteiger partial charge >= 0.3 is 6.18 Å². The summed E-state index contributed by atoms with van der Waals surface area (Å²) < 4.78 is 47.2. The molecule has 1 unspecified atom stereocenters. The summed E-state index contributed by atoms with van der Waals surface area (Å²) in [5.41, 5.74) is 1.12. The Morgan fingerprint density at radius 2 is 1.94 bits per heavy atom. The summed E-state index contributed by atoms with van der Waals surface area (Å²) in [6.07, 6.45) is -2.51. The van der Waals surface area contributed by atoms with Crippen LogP contribution in [0.4, 0.5) is 19.1 Å². The first kappa shape index (κ1) is 23.9. The molecule has 1 aromatic carbocycles. The second-order valence-electron chi connectivity index (χ2n) is 8.91. The number of hydrogen-bond acceptors (Lipinski definition) is 5. The Bertz CT molecular complexity index is 1220. The Hall–Kier alpha value is -2.85. The van der Waals surface area contributed by atoms with E-state index in [2.05, 4.69) is 10.3 Å². The van der Waals surface area contributed by atoms with Crippen LogP contribution in [-0.2, 0) is 21.6 Å². The molecule has 7 nitrogen and oxygen atoms in total. The van der Waals surface area contributed by atoms with Crippen molar-refractivity contribution in [1.29, 1.82) is 0 Å². The fraction of sp³-hybridized carbons (Fsp3) is 0.458. The van der Waals surface area contributed by atoms with Crippen molar-refractivity contribution in [3.05, 3.63) is 47.7 Å². The van der Waals surface area contributed by atoms with Gasteiger partial charge in [0.15, 0.2) is 0 Å². The molecule has 2 aromatic heterocycles. The molecule has 1 N–H and O–H groups in total. The molecule has 2 saturated heterocycles. The summed E-state index contributed by atoms with van der Waals surface area (Å²) in [5.74, 6) is 0.796. The maximum absolute atomic E-state index is 13.4. The van der Waals surface area contributed by atoms with Crippen LogP contribution in [0.1, 0.15) is 30.5 Å². The molecule has 0 saturated carbocycles. The molecule has 0 bridgehead atoms. The third-order valence-corrected chi connectivity index (χ3v) is 6.84. The minimum atomic E-state index is -4.57. The van der Waals surface area contributed by atoms with Crippen LogP contribution in [0, 0.1) is 5.92 Å². The maximum Gasteiger partial charge on any atom is 0.433 e. The van der Waals surface area contributed by atoms with Gasteiger partial charge in [0.05, 0.1) is 23.7 Å². The van der Waals surface area contributed by atoms with Crippen LogP contribution in [-0.4, -0.2) is 52.8 Å². The largest absolute Gasteiger partial charge is 0.433 e. The van der Waals surface area contributed by atoms with Crippen LogP contribution in [0.2, 0.25) is 0 Å². The van der Waals surface area contributed by atoms with Crippen molar-refractivity contribution in [3.8, 4) is 5.82 Å². The Morgan fingerprint density at radius 3 is 2.63 bits per heavy atom. The second kappa shape index (κ2) is 9.66. The van der Waals surface area contributed by atoms with E-state index in [1.807, 2.05) is 23.1 Å². The van der Waals surface area contributed by atoms with Gasteiger partial charge in [0, 0.05) is 31.5 Å². The summed E-state index contributed by atoms with van der Waals surface area (Å²) in [4.78, 5) is 23.3. The van der Waals surface area contributed by atoms with Crippen molar-refractivity contribution in [1.82, 2.24) is 19.9 Å². The third-order valence-electron chi connectivity index (χ3n) is 6.53. The standard InChI is InChI=1S/C24H25ClF3N5O2/c25-13-15-4-5-18-19(12-15)33(21-3-1-2-20(31-21)24(26,27)28)23(30-18)32-9-6-16(7-10-32)22(34)29-17-8-11-35-14-17/h1-5,12,16-17H,6-11,13-14H2,(H,29,34). The topological polar surface area (TPSA) is 72.3 Å². The van der Waals surface area contributed by atoms with E-state index >= 15 is 0 Å². The summed E-state index contributed by atoms with van der Waals surface area (Å²) >= 11 is 6.02. The first-order valence-electron chi connectivity index (χ1n) is 11.6. The van der Waals surface area contributed by atoms with Gasteiger partial charge in [-0.3, -0.25) is 9.36 Å². The number of aromatic nitrogens is 3. The quantitative estimate of drug-likeness (QED) is 0.521. The highest BCUT2D eigenvalue weighted by Gasteiger charge is 2.34. The Kier molecular flexibility index (Phi) is 6.59. The van der Waals surface area contributed by atoms with Gasteiger partial charge in [-0.15, -0.1) is 11.6 Å². The van der Waals surface area contributed by atoms with Crippen molar-refractivity contribution >= 4 is 34.5 Å². The van der Waals surface area contributed by atoms with E-state index < -0.39 is 11.9 Å². The van der Waals surface area contributed by atoms with E-state index in [1.54, 1.807) is 4.57 Å². The van der Waals surface area contributed by atoms with Gasteiger partial charge in [-0.25, -0.2) is 9.97 Å². The predicted octanol–water partition coefficient (Wildman–Crippen LogP) is 4.30. The van der Waals surface area contributed by atoms with E-state index in [-0.39, 0.29) is 29.6 Å². The highest BCUT2D eigenvalue weighted by atomic mass is 35.5. The van der Waals surface area contributed by atoms with Gasteiger partial charge in [0.2, 0.25) is 11.9 Å². The van der Waals surface area contributed by atoms with Crippen molar-refractivity contribution in [2.45, 2.75) is 37.4 Å². The highest BCUT2D eigenvalue weighted by molar-refractivity contribution is 6.17. The molecule has 2 aliphatic heterocycles. The molecule has 0 aliphatic carbocycles. The molecule has 2 aliphatic rings. The zero-order chi connectivity index (χ0) is 24.6. The number of nitrogens with zero attached hydrogens (tertiary/aromatic N) is 4. The van der Waals surface area contributed by atoms with E-state index in [4.69, 9.17) is 21.3 Å². The molecule has 0 radical (unpaired) electrons. The molecule has 1 atom stereocenters. The normalized spacial score (nSPS) is 19.4. The minimum absolute atomic E-state index is 0.0277. The first-order chi connectivity index (χ1) is 16.8. The van der Waals surface area contributed by atoms with E-state index in [1.165, 1.54) is 12.1 Å². The number of imidazole rings is 1. The fourth-order valence-electron chi connectivity index (χ4n) is 4.64. The van der Waals surface area contributed by atoms with Gasteiger partial charge in [-0.05, 0) is 49.1 Å². The lowest BCUT2D eigenvalue weighted by Gasteiger charge is -2.32. The zero-order valence-electron chi connectivity index (χ0n) is 18.9. The summed E-state index contributed by atoms with van der Waals surface area (Å²) in [5, 5.41) is 3.06. The Balaban J connectivity index is 1.45. The average molecular weight is 508 g/mol. The number of nitrogens with one attached hydrogen (secondary N) is 1. The van der Waals surface area contributed by atoms with Crippen LogP contribution < -0.4 is 10.2 Å². The highest BCUT2D eigenvalue weighted by Crippen LogP contribution is 2.33. The number of fused-ring (bicyclic) bond motifs is 1. The lowest BCUT2D eigenvalue weighted by atomic mass is 9.95. The van der Waals surface area contributed by atoms with Crippen LogP contribution >= 0.6 is 11.6 Å². The molecule has 2 fully saturated rings. The maximum atomic E-state index is 13.4. The number of carbonyl (C=O) groups excluding carboxylic acids is 1. The minimum Gasteiger partial charge on any atom is -0.379 e. The molecule has 4 heterocycles. The molecule has 5 rings (SSSR count). The lowest BCUT2D eigenvalue weighted by Crippen LogP contribution is -2.44. The molecule has 1 amide bonds. The van der Waals surface area contributed by atoms with E-state index in [0.717, 1.165) is 18.1 Å². The molecule has 0 spiro atoms. The van der Waals surface area contributed by atoms with Gasteiger partial charge in [0.1, 0.15) is 11.5 Å². The van der Waals surface area contributed by atoms with Crippen molar-refractivity contribution in [3.63, 3.8) is 0 Å². The molecular weight excluding hydrogens is 483 g/mol. The van der Waals surface area contributed by atoms with Gasteiger partial charge in [-0.2, -0.15) is 13.2 Å². The number of hydrogen-bond donors (Lipinski definition) is 1. The summed E-state index contributed by atoms with van der Waals surface area (Å²) in [6.45, 7) is 2.30. The number of ether oxygens (including phenoxy) is 1. The third kappa shape index (κ3) is 4.95. The first-order valence-corrected chi connectivity index (χ1v) is 12.1. The Morgan fingerprint density at radius 1 is 1.14 bits per heavy atom. The number of pyridine rings is 1. The van der Waals surface area contributed by atoms with E-state index in [9.17, 15) is 18.0 Å². The molecular formula is C24H25ClF3N5O2. The number of benzene rings is 1. The molecule has 186 valence electrons. The van der Waals surface area contributed by atoms with Crippen molar-refractivity contribution in [2.24, 2.45) is 5.92 Å². The van der Waals surface area contributed by atoms with Crippen LogP contribution in [0.25, 0.3) is 16.9 Å². The van der Waals surface area contributed by atoms with Crippen LogP contribution in [0.3, 0.4) is 0 Å². The molecule has 11 heteroatoms. The van der Waals surface area contributed by atoms with Crippen molar-refractivity contribution < 1.29 is 22.7 Å². The zero-order valence-corrected chi connectivity index (χ0v) is 19.6. The smallest absolute Gasteiger partial charge is 0.379 e. The number of rotatable bonds is 5. The fourth-order valence-corrected chi connectivity index (χ4v) is 4.81. The number of anilines is 1. The number of carbonyl (C=O) groups is 1. The van der Waals surface area contributed by atoms with Gasteiger partial charge in [0.25, 0.3) is 0 Å². The van der Waals surface area contributed by atoms with E-state index in [0.29, 0.717) is 56.1 Å². The number of piperidine rings is 1. The van der Waals surface area contributed by atoms with Gasteiger partial charge < -0.3 is 15.0 Å². The second-order valence-corrected chi connectivity index (χ2v) is 9.18. The SMILES string of the molecule is O=C(NC1CCOC1)C1CCN(c2nc3ccc(CCl)cc3n2-c2cccc(C(F)(F)F)n2)CC1. The number of alkyl halides is 4. The van der Waals surface area contributed by atoms with Crippen LogP contribution in [0.15, 0.2) is 36.4 Å². The summed E-state index contributed by atoms with van der Waals surface area (Å²) in [6, 6.07) is 9.38. The van der Waals surface area contributed by atoms with Gasteiger partial charge in [-0.1, -0.05) is 12.1 Å². The van der Waals surface area contributed by atoms with Crippen molar-refractivity contribution in [2.75, 3.05) is 31.2 Å². The monoisotopic (exact) mass is 507 g/mol. The Labute approximate surface area is 205 Å². The molecule has 35 heavy (non-hydrogen) atoms. The number of amides is 1.